The summed E-state index contributed by atoms with van der Waals surface area (Å²) in [5, 5.41) is 25.8. The van der Waals surface area contributed by atoms with Crippen molar-refractivity contribution in [1.29, 1.82) is 0 Å². The van der Waals surface area contributed by atoms with Gasteiger partial charge in [0.2, 0.25) is 0 Å². The van der Waals surface area contributed by atoms with Crippen molar-refractivity contribution in [1.82, 2.24) is 0 Å². The maximum Gasteiger partial charge on any atom is 0.331 e. The highest BCUT2D eigenvalue weighted by molar-refractivity contribution is 5.93. The predicted molar refractivity (Wildman–Crippen MR) is 95.8 cm³/mol. The summed E-state index contributed by atoms with van der Waals surface area (Å²) >= 11 is 0. The smallest absolute Gasteiger partial charge is 0.331 e. The number of aliphatic carboxylic acids is 3. The summed E-state index contributed by atoms with van der Waals surface area (Å²) in [5.74, 6) is -4.90. The molecule has 0 amide bonds. The van der Waals surface area contributed by atoms with Crippen LogP contribution in [0.1, 0.15) is 11.1 Å². The van der Waals surface area contributed by atoms with Crippen LogP contribution in [0, 0.1) is 5.92 Å². The van der Waals surface area contributed by atoms with Crippen LogP contribution in [0.2, 0.25) is 0 Å². The largest absolute Gasteiger partial charge is 0.481 e. The van der Waals surface area contributed by atoms with Gasteiger partial charge in [-0.05, 0) is 17.5 Å². The van der Waals surface area contributed by atoms with Crippen molar-refractivity contribution in [3.8, 4) is 0 Å². The Hall–Kier alpha value is -3.41. The average Bonchev–Trinajstić information content (AvgIpc) is 2.61. The Morgan fingerprint density at radius 3 is 1.58 bits per heavy atom. The van der Waals surface area contributed by atoms with E-state index in [1.165, 1.54) is 0 Å². The van der Waals surface area contributed by atoms with Gasteiger partial charge in [-0.15, -0.1) is 0 Å². The minimum absolute atomic E-state index is 0.0194. The van der Waals surface area contributed by atoms with E-state index in [1.54, 1.807) is 30.3 Å². The van der Waals surface area contributed by atoms with Crippen molar-refractivity contribution in [2.45, 2.75) is 12.8 Å². The van der Waals surface area contributed by atoms with Gasteiger partial charge < -0.3 is 15.3 Å². The van der Waals surface area contributed by atoms with E-state index in [0.717, 1.165) is 5.56 Å². The van der Waals surface area contributed by atoms with Crippen molar-refractivity contribution in [3.63, 3.8) is 0 Å². The second kappa shape index (κ2) is 10.5. The number of benzene rings is 2. The molecule has 0 radical (unpaired) electrons. The van der Waals surface area contributed by atoms with E-state index in [2.05, 4.69) is 6.58 Å². The number of carboxylic acids is 3. The van der Waals surface area contributed by atoms with Gasteiger partial charge in [0, 0.05) is 12.0 Å². The molecule has 0 aliphatic heterocycles. The number of hydrogen-bond acceptors (Lipinski definition) is 3. The Morgan fingerprint density at radius 1 is 0.769 bits per heavy atom. The first kappa shape index (κ1) is 20.6. The number of hydrogen-bond donors (Lipinski definition) is 3. The van der Waals surface area contributed by atoms with Gasteiger partial charge in [0.25, 0.3) is 0 Å². The van der Waals surface area contributed by atoms with Crippen LogP contribution in [-0.2, 0) is 27.2 Å². The van der Waals surface area contributed by atoms with E-state index < -0.39 is 23.8 Å². The third kappa shape index (κ3) is 7.44. The van der Waals surface area contributed by atoms with Crippen molar-refractivity contribution < 1.29 is 29.7 Å². The van der Waals surface area contributed by atoms with Gasteiger partial charge in [0.05, 0.1) is 0 Å². The highest BCUT2D eigenvalue weighted by Gasteiger charge is 2.25. The average molecular weight is 356 g/mol. The van der Waals surface area contributed by atoms with Crippen LogP contribution in [0.4, 0.5) is 0 Å². The zero-order valence-corrected chi connectivity index (χ0v) is 14.0. The van der Waals surface area contributed by atoms with Crippen LogP contribution < -0.4 is 0 Å². The molecule has 0 atom stereocenters. The van der Waals surface area contributed by atoms with E-state index in [9.17, 15) is 14.4 Å². The molecule has 0 aliphatic rings. The second-order valence-corrected chi connectivity index (χ2v) is 5.49. The third-order valence-electron chi connectivity index (χ3n) is 3.44. The molecule has 26 heavy (non-hydrogen) atoms. The zero-order valence-electron chi connectivity index (χ0n) is 14.0. The van der Waals surface area contributed by atoms with Crippen molar-refractivity contribution in [2.24, 2.45) is 5.92 Å². The zero-order chi connectivity index (χ0) is 19.5. The molecule has 2 aromatic carbocycles. The summed E-state index contributed by atoms with van der Waals surface area (Å²) in [6.07, 6.45) is 0.432. The molecule has 2 rings (SSSR count). The van der Waals surface area contributed by atoms with Gasteiger partial charge in [-0.3, -0.25) is 9.59 Å². The fraction of sp³-hybridized carbons (Fsp3) is 0.150. The maximum atomic E-state index is 10.6. The lowest BCUT2D eigenvalue weighted by Gasteiger charge is -2.06. The Balaban J connectivity index is 0.000000263. The minimum Gasteiger partial charge on any atom is -0.481 e. The number of carbonyl (C=O) groups is 3. The summed E-state index contributed by atoms with van der Waals surface area (Å²) in [6.45, 7) is 3.45. The molecule has 0 bridgehead atoms. The lowest BCUT2D eigenvalue weighted by molar-refractivity contribution is -0.154. The standard InChI is InChI=1S/C10H10O4.C10H10O2/c11-9(12)8(10(13)14)6-7-4-2-1-3-5-7;1-8(10(11)12)7-9-5-3-2-4-6-9/h1-5,8H,6H2,(H,11,12)(H,13,14);2-6H,1,7H2,(H,11,12). The molecule has 0 saturated heterocycles. The molecule has 0 aliphatic carbocycles. The van der Waals surface area contributed by atoms with E-state index in [1.807, 2.05) is 30.3 Å². The normalized spacial score (nSPS) is 9.73. The second-order valence-electron chi connectivity index (χ2n) is 5.49. The Kier molecular flexibility index (Phi) is 8.30. The van der Waals surface area contributed by atoms with Crippen LogP contribution in [0.5, 0.6) is 0 Å². The van der Waals surface area contributed by atoms with Crippen molar-refractivity contribution >= 4 is 17.9 Å². The molecule has 136 valence electrons. The minimum atomic E-state index is -1.36. The Morgan fingerprint density at radius 2 is 1.19 bits per heavy atom. The molecule has 0 fully saturated rings. The number of rotatable bonds is 7. The highest BCUT2D eigenvalue weighted by atomic mass is 16.4. The summed E-state index contributed by atoms with van der Waals surface area (Å²) < 4.78 is 0. The molecule has 0 aromatic heterocycles. The van der Waals surface area contributed by atoms with Crippen molar-refractivity contribution in [2.75, 3.05) is 0 Å². The molecule has 0 heterocycles. The van der Waals surface area contributed by atoms with E-state index in [0.29, 0.717) is 12.0 Å². The highest BCUT2D eigenvalue weighted by Crippen LogP contribution is 2.09. The lowest BCUT2D eigenvalue weighted by atomic mass is 10.00. The van der Waals surface area contributed by atoms with Crippen LogP contribution in [0.25, 0.3) is 0 Å². The van der Waals surface area contributed by atoms with Crippen LogP contribution in [0.15, 0.2) is 72.8 Å². The molecular weight excluding hydrogens is 336 g/mol. The Labute approximate surface area is 151 Å². The third-order valence-corrected chi connectivity index (χ3v) is 3.44. The molecule has 3 N–H and O–H groups in total. The number of carboxylic acid groups (broad SMARTS) is 3. The Bertz CT molecular complexity index is 738. The first-order valence-corrected chi connectivity index (χ1v) is 7.75. The van der Waals surface area contributed by atoms with Crippen LogP contribution in [-0.4, -0.2) is 33.2 Å². The molecular formula is C20H20O6. The van der Waals surface area contributed by atoms with E-state index >= 15 is 0 Å². The summed E-state index contributed by atoms with van der Waals surface area (Å²) in [4.78, 5) is 31.5. The van der Waals surface area contributed by atoms with Crippen LogP contribution >= 0.6 is 0 Å². The quantitative estimate of drug-likeness (QED) is 0.519. The van der Waals surface area contributed by atoms with Gasteiger partial charge in [-0.25, -0.2) is 4.79 Å². The topological polar surface area (TPSA) is 112 Å². The van der Waals surface area contributed by atoms with Gasteiger partial charge in [0.15, 0.2) is 5.92 Å². The molecule has 2 aromatic rings. The van der Waals surface area contributed by atoms with Gasteiger partial charge >= 0.3 is 17.9 Å². The van der Waals surface area contributed by atoms with E-state index in [4.69, 9.17) is 15.3 Å². The van der Waals surface area contributed by atoms with E-state index in [-0.39, 0.29) is 12.0 Å². The van der Waals surface area contributed by atoms with Crippen LogP contribution in [0.3, 0.4) is 0 Å². The summed E-state index contributed by atoms with van der Waals surface area (Å²) in [6, 6.07) is 18.1. The van der Waals surface area contributed by atoms with Gasteiger partial charge in [-0.1, -0.05) is 67.2 Å². The predicted octanol–water partition coefficient (Wildman–Crippen LogP) is 2.88. The van der Waals surface area contributed by atoms with Gasteiger partial charge in [0.1, 0.15) is 0 Å². The SMILES string of the molecule is C=C(Cc1ccccc1)C(=O)O.O=C(O)C(Cc1ccccc1)C(=O)O. The molecule has 6 nitrogen and oxygen atoms in total. The first-order chi connectivity index (χ1) is 12.3. The van der Waals surface area contributed by atoms with Gasteiger partial charge in [-0.2, -0.15) is 0 Å². The fourth-order valence-corrected chi connectivity index (χ4v) is 2.05. The summed E-state index contributed by atoms with van der Waals surface area (Å²) in [5.41, 5.74) is 1.91. The molecule has 0 unspecified atom stereocenters. The molecule has 0 spiro atoms. The monoisotopic (exact) mass is 356 g/mol. The molecule has 6 heteroatoms. The maximum absolute atomic E-state index is 10.6. The molecule has 0 saturated carbocycles. The fourth-order valence-electron chi connectivity index (χ4n) is 2.05. The van der Waals surface area contributed by atoms with Crippen molar-refractivity contribution in [3.05, 3.63) is 83.9 Å². The first-order valence-electron chi connectivity index (χ1n) is 7.75. The summed E-state index contributed by atoms with van der Waals surface area (Å²) in [7, 11) is 0. The lowest BCUT2D eigenvalue weighted by Crippen LogP contribution is -2.25.